The van der Waals surface area contributed by atoms with Crippen LogP contribution in [0.3, 0.4) is 0 Å². The summed E-state index contributed by atoms with van der Waals surface area (Å²) in [7, 11) is 0. The van der Waals surface area contributed by atoms with Crippen LogP contribution in [0.4, 0.5) is 10.1 Å². The molecular weight excluding hydrogens is 323 g/mol. The number of hydrogen-bond donors (Lipinski definition) is 0. The molecule has 2 aliphatic heterocycles. The van der Waals surface area contributed by atoms with Crippen LogP contribution in [0, 0.1) is 5.82 Å². The molecule has 136 valence electrons. The van der Waals surface area contributed by atoms with Crippen molar-refractivity contribution in [2.24, 2.45) is 0 Å². The van der Waals surface area contributed by atoms with E-state index >= 15 is 0 Å². The number of nitrogens with zero attached hydrogens (tertiary/aromatic N) is 4. The first kappa shape index (κ1) is 17.7. The second-order valence-corrected chi connectivity index (χ2v) is 6.55. The lowest BCUT2D eigenvalue weighted by Crippen LogP contribution is -2.50. The first-order valence-corrected chi connectivity index (χ1v) is 8.86. The third-order valence-corrected chi connectivity index (χ3v) is 5.02. The second-order valence-electron chi connectivity index (χ2n) is 6.55. The monoisotopic (exact) mass is 348 g/mol. The van der Waals surface area contributed by atoms with Crippen LogP contribution in [0.5, 0.6) is 0 Å². The minimum Gasteiger partial charge on any atom is -0.367 e. The molecule has 25 heavy (non-hydrogen) atoms. The Balaban J connectivity index is 1.40. The standard InChI is InChI=1S/C18H25FN4O2/c19-16-3-1-2-4-17(16)22-11-7-20(8-12-22)6-5-18(25)23-13-9-21(15-24)10-14-23/h1-4,15H,5-14H2. The van der Waals surface area contributed by atoms with Crippen molar-refractivity contribution in [2.45, 2.75) is 6.42 Å². The predicted octanol–water partition coefficient (Wildman–Crippen LogP) is 0.638. The highest BCUT2D eigenvalue weighted by Gasteiger charge is 2.23. The maximum absolute atomic E-state index is 13.9. The molecule has 1 aromatic rings. The summed E-state index contributed by atoms with van der Waals surface area (Å²) in [6.45, 7) is 6.43. The largest absolute Gasteiger partial charge is 0.367 e. The number of carbonyl (C=O) groups excluding carboxylic acids is 2. The maximum Gasteiger partial charge on any atom is 0.223 e. The highest BCUT2D eigenvalue weighted by Crippen LogP contribution is 2.20. The average Bonchev–Trinajstić information content (AvgIpc) is 2.67. The van der Waals surface area contributed by atoms with Gasteiger partial charge in [-0.2, -0.15) is 0 Å². The molecule has 6 nitrogen and oxygen atoms in total. The Morgan fingerprint density at radius 1 is 1.00 bits per heavy atom. The Hall–Kier alpha value is -2.15. The first-order chi connectivity index (χ1) is 12.2. The van der Waals surface area contributed by atoms with Crippen molar-refractivity contribution >= 4 is 18.0 Å². The zero-order valence-corrected chi connectivity index (χ0v) is 14.4. The normalized spacial score (nSPS) is 19.2. The Kier molecular flexibility index (Phi) is 5.86. The molecule has 2 fully saturated rings. The molecule has 0 aromatic heterocycles. The van der Waals surface area contributed by atoms with Gasteiger partial charge in [-0.1, -0.05) is 12.1 Å². The number of halogens is 1. The van der Waals surface area contributed by atoms with Gasteiger partial charge in [0.25, 0.3) is 0 Å². The lowest BCUT2D eigenvalue weighted by Gasteiger charge is -2.37. The van der Waals surface area contributed by atoms with E-state index in [1.807, 2.05) is 17.0 Å². The number of para-hydroxylation sites is 1. The van der Waals surface area contributed by atoms with E-state index in [4.69, 9.17) is 0 Å². The second kappa shape index (κ2) is 8.29. The fraction of sp³-hybridized carbons (Fsp3) is 0.556. The van der Waals surface area contributed by atoms with Crippen molar-refractivity contribution in [3.63, 3.8) is 0 Å². The molecule has 2 heterocycles. The number of rotatable bonds is 5. The van der Waals surface area contributed by atoms with Gasteiger partial charge in [0.15, 0.2) is 0 Å². The van der Waals surface area contributed by atoms with Crippen LogP contribution in [0.25, 0.3) is 0 Å². The van der Waals surface area contributed by atoms with Crippen molar-refractivity contribution in [1.82, 2.24) is 14.7 Å². The van der Waals surface area contributed by atoms with Gasteiger partial charge >= 0.3 is 0 Å². The lowest BCUT2D eigenvalue weighted by molar-refractivity contribution is -0.135. The van der Waals surface area contributed by atoms with Crippen LogP contribution < -0.4 is 4.90 Å². The summed E-state index contributed by atoms with van der Waals surface area (Å²) >= 11 is 0. The van der Waals surface area contributed by atoms with Crippen molar-refractivity contribution < 1.29 is 14.0 Å². The number of carbonyl (C=O) groups is 2. The van der Waals surface area contributed by atoms with Gasteiger partial charge in [0.1, 0.15) is 5.82 Å². The van der Waals surface area contributed by atoms with Gasteiger partial charge in [-0.05, 0) is 12.1 Å². The third-order valence-electron chi connectivity index (χ3n) is 5.02. The quantitative estimate of drug-likeness (QED) is 0.733. The van der Waals surface area contributed by atoms with E-state index in [1.165, 1.54) is 6.07 Å². The van der Waals surface area contributed by atoms with Crippen LogP contribution in [0.1, 0.15) is 6.42 Å². The summed E-state index contributed by atoms with van der Waals surface area (Å²) in [6, 6.07) is 6.86. The van der Waals surface area contributed by atoms with Gasteiger partial charge in [0.05, 0.1) is 5.69 Å². The van der Waals surface area contributed by atoms with Gasteiger partial charge < -0.3 is 14.7 Å². The maximum atomic E-state index is 13.9. The van der Waals surface area contributed by atoms with E-state index in [-0.39, 0.29) is 11.7 Å². The molecule has 0 saturated carbocycles. The summed E-state index contributed by atoms with van der Waals surface area (Å²) in [5.41, 5.74) is 0.659. The molecule has 1 aromatic carbocycles. The molecule has 2 amide bonds. The summed E-state index contributed by atoms with van der Waals surface area (Å²) in [5.74, 6) is -0.0253. The third kappa shape index (κ3) is 4.48. The Bertz CT molecular complexity index is 596. The Morgan fingerprint density at radius 3 is 2.32 bits per heavy atom. The minimum absolute atomic E-state index is 0.155. The van der Waals surface area contributed by atoms with Crippen LogP contribution in [-0.2, 0) is 9.59 Å². The van der Waals surface area contributed by atoms with Crippen LogP contribution in [0.15, 0.2) is 24.3 Å². The highest BCUT2D eigenvalue weighted by molar-refractivity contribution is 5.76. The number of anilines is 1. The molecule has 0 bridgehead atoms. The van der Waals surface area contributed by atoms with E-state index in [9.17, 15) is 14.0 Å². The minimum atomic E-state index is -0.180. The number of benzene rings is 1. The summed E-state index contributed by atoms with van der Waals surface area (Å²) in [4.78, 5) is 30.9. The van der Waals surface area contributed by atoms with E-state index in [1.54, 1.807) is 11.0 Å². The van der Waals surface area contributed by atoms with E-state index < -0.39 is 0 Å². The number of amides is 2. The average molecular weight is 348 g/mol. The van der Waals surface area contributed by atoms with E-state index in [0.717, 1.165) is 39.1 Å². The molecule has 0 aliphatic carbocycles. The molecule has 0 atom stereocenters. The SMILES string of the molecule is O=CN1CCN(C(=O)CCN2CCN(c3ccccc3F)CC2)CC1. The first-order valence-electron chi connectivity index (χ1n) is 8.86. The van der Waals surface area contributed by atoms with E-state index in [0.29, 0.717) is 38.3 Å². The Labute approximate surface area is 147 Å². The summed E-state index contributed by atoms with van der Waals surface area (Å²) in [6.07, 6.45) is 1.34. The molecular formula is C18H25FN4O2. The van der Waals surface area contributed by atoms with Crippen LogP contribution in [-0.4, -0.2) is 85.9 Å². The van der Waals surface area contributed by atoms with Gasteiger partial charge in [0, 0.05) is 65.3 Å². The molecule has 0 radical (unpaired) electrons. The predicted molar refractivity (Wildman–Crippen MR) is 93.9 cm³/mol. The molecule has 3 rings (SSSR count). The van der Waals surface area contributed by atoms with Crippen LogP contribution >= 0.6 is 0 Å². The summed E-state index contributed by atoms with van der Waals surface area (Å²) in [5, 5.41) is 0. The van der Waals surface area contributed by atoms with Gasteiger partial charge in [-0.25, -0.2) is 4.39 Å². The van der Waals surface area contributed by atoms with Gasteiger partial charge in [-0.3, -0.25) is 14.5 Å². The van der Waals surface area contributed by atoms with E-state index in [2.05, 4.69) is 9.80 Å². The van der Waals surface area contributed by atoms with Crippen molar-refractivity contribution in [3.05, 3.63) is 30.1 Å². The molecule has 0 unspecified atom stereocenters. The van der Waals surface area contributed by atoms with Crippen molar-refractivity contribution in [1.29, 1.82) is 0 Å². The fourth-order valence-electron chi connectivity index (χ4n) is 3.41. The highest BCUT2D eigenvalue weighted by atomic mass is 19.1. The van der Waals surface area contributed by atoms with Crippen LogP contribution in [0.2, 0.25) is 0 Å². The zero-order chi connectivity index (χ0) is 17.6. The lowest BCUT2D eigenvalue weighted by atomic mass is 10.2. The van der Waals surface area contributed by atoms with Gasteiger partial charge in [0.2, 0.25) is 12.3 Å². The molecule has 0 N–H and O–H groups in total. The number of hydrogen-bond acceptors (Lipinski definition) is 4. The number of piperazine rings is 2. The molecule has 2 saturated heterocycles. The van der Waals surface area contributed by atoms with Gasteiger partial charge in [-0.15, -0.1) is 0 Å². The van der Waals surface area contributed by atoms with Crippen molar-refractivity contribution in [3.8, 4) is 0 Å². The molecule has 2 aliphatic rings. The van der Waals surface area contributed by atoms with Crippen molar-refractivity contribution in [2.75, 3.05) is 63.8 Å². The smallest absolute Gasteiger partial charge is 0.223 e. The molecule has 7 heteroatoms. The zero-order valence-electron chi connectivity index (χ0n) is 14.4. The Morgan fingerprint density at radius 2 is 1.68 bits per heavy atom. The molecule has 0 spiro atoms. The topological polar surface area (TPSA) is 47.1 Å². The fourth-order valence-corrected chi connectivity index (χ4v) is 3.41. The summed E-state index contributed by atoms with van der Waals surface area (Å²) < 4.78 is 13.9.